The fourth-order valence-electron chi connectivity index (χ4n) is 2.92. The smallest absolute Gasteiger partial charge is 0.225 e. The summed E-state index contributed by atoms with van der Waals surface area (Å²) in [6.07, 6.45) is 0. The normalized spacial score (nSPS) is 12.2. The second kappa shape index (κ2) is 6.05. The van der Waals surface area contributed by atoms with E-state index in [9.17, 15) is 4.79 Å². The fraction of sp³-hybridized carbons (Fsp3) is 0.467. The molecule has 1 rings (SSSR count). The number of quaternary nitrogens is 2. The van der Waals surface area contributed by atoms with Gasteiger partial charge in [-0.05, 0) is 12.1 Å². The number of amides is 1. The Labute approximate surface area is 137 Å². The maximum absolute atomic E-state index is 13.0. The van der Waals surface area contributed by atoms with Crippen LogP contribution >= 0.6 is 23.2 Å². The van der Waals surface area contributed by atoms with Crippen molar-refractivity contribution in [2.24, 2.45) is 0 Å². The standard InChI is InChI=1S/C15H24Cl2N3O/c1-18(2)15(19(3,4)5)20(6,7)14(21)13-11(16)9-8-10-12(13)17/h8-10H,1-7H3/q+3. The van der Waals surface area contributed by atoms with Crippen LogP contribution in [-0.4, -0.2) is 74.7 Å². The third-order valence-corrected chi connectivity index (χ3v) is 3.81. The minimum absolute atomic E-state index is 0.0416. The van der Waals surface area contributed by atoms with Gasteiger partial charge < -0.3 is 0 Å². The summed E-state index contributed by atoms with van der Waals surface area (Å²) in [5.41, 5.74) is 0.360. The van der Waals surface area contributed by atoms with Gasteiger partial charge in [-0.15, -0.1) is 9.06 Å². The van der Waals surface area contributed by atoms with Gasteiger partial charge in [0.25, 0.3) is 0 Å². The van der Waals surface area contributed by atoms with Gasteiger partial charge in [0.1, 0.15) is 19.7 Å². The number of carbonyl (C=O) groups is 1. The summed E-state index contributed by atoms with van der Waals surface area (Å²) < 4.78 is 2.52. The second-order valence-corrected chi connectivity index (χ2v) is 7.38. The molecular weight excluding hydrogens is 309 g/mol. The molecular formula is C15H24Cl2N3O+3. The molecule has 0 atom stereocenters. The molecule has 6 heteroatoms. The number of hydrogen-bond acceptors (Lipinski definition) is 1. The molecule has 0 bridgehead atoms. The lowest BCUT2D eigenvalue weighted by molar-refractivity contribution is -0.911. The first-order valence-corrected chi connectivity index (χ1v) is 7.36. The summed E-state index contributed by atoms with van der Waals surface area (Å²) in [7, 11) is 13.6. The van der Waals surface area contributed by atoms with E-state index < -0.39 is 0 Å². The second-order valence-electron chi connectivity index (χ2n) is 6.56. The van der Waals surface area contributed by atoms with E-state index in [2.05, 4.69) is 0 Å². The van der Waals surface area contributed by atoms with Gasteiger partial charge in [0.2, 0.25) is 0 Å². The highest BCUT2D eigenvalue weighted by molar-refractivity contribution is 6.39. The number of nitrogens with zero attached hydrogens (tertiary/aromatic N) is 3. The molecule has 0 spiro atoms. The third-order valence-electron chi connectivity index (χ3n) is 3.18. The number of halogens is 2. The van der Waals surface area contributed by atoms with E-state index >= 15 is 0 Å². The van der Waals surface area contributed by atoms with E-state index in [4.69, 9.17) is 23.2 Å². The molecule has 0 aliphatic rings. The predicted molar refractivity (Wildman–Crippen MR) is 88.0 cm³/mol. The highest BCUT2D eigenvalue weighted by Gasteiger charge is 2.50. The highest BCUT2D eigenvalue weighted by atomic mass is 35.5. The molecule has 21 heavy (non-hydrogen) atoms. The van der Waals surface area contributed by atoms with Gasteiger partial charge in [-0.1, -0.05) is 29.3 Å². The van der Waals surface area contributed by atoms with Crippen LogP contribution in [0.5, 0.6) is 0 Å². The minimum atomic E-state index is -0.137. The summed E-state index contributed by atoms with van der Waals surface area (Å²) >= 11 is 12.4. The van der Waals surface area contributed by atoms with E-state index in [0.717, 1.165) is 5.96 Å². The van der Waals surface area contributed by atoms with Crippen LogP contribution in [0.15, 0.2) is 18.2 Å². The Hall–Kier alpha value is -0.940. The molecule has 0 saturated heterocycles. The van der Waals surface area contributed by atoms with Crippen LogP contribution in [0, 0.1) is 0 Å². The quantitative estimate of drug-likeness (QED) is 0.335. The van der Waals surface area contributed by atoms with Crippen molar-refractivity contribution in [1.29, 1.82) is 0 Å². The molecule has 1 amide bonds. The van der Waals surface area contributed by atoms with Crippen molar-refractivity contribution in [2.75, 3.05) is 49.3 Å². The molecule has 1 aromatic carbocycles. The molecule has 0 saturated carbocycles. The minimum Gasteiger partial charge on any atom is -0.225 e. The lowest BCUT2D eigenvalue weighted by Gasteiger charge is -2.30. The SMILES string of the molecule is C[N+](C)=C([N+](C)(C)C)[N+](C)(C)C(=O)c1c(Cl)cccc1Cl. The number of carbonyl (C=O) groups excluding carboxylic acids is 1. The van der Waals surface area contributed by atoms with E-state index in [1.165, 1.54) is 0 Å². The zero-order valence-electron chi connectivity index (χ0n) is 13.7. The lowest BCUT2D eigenvalue weighted by atomic mass is 10.2. The zero-order chi connectivity index (χ0) is 16.6. The van der Waals surface area contributed by atoms with Crippen LogP contribution in [0.25, 0.3) is 0 Å². The summed E-state index contributed by atoms with van der Waals surface area (Å²) in [6.45, 7) is 0. The van der Waals surface area contributed by atoms with Crippen LogP contribution in [0.2, 0.25) is 10.0 Å². The molecule has 0 aliphatic carbocycles. The van der Waals surface area contributed by atoms with Crippen molar-refractivity contribution in [3.63, 3.8) is 0 Å². The Balaban J connectivity index is 3.50. The van der Waals surface area contributed by atoms with Gasteiger partial charge in [-0.2, -0.15) is 4.48 Å². The molecule has 0 fully saturated rings. The van der Waals surface area contributed by atoms with E-state index in [1.54, 1.807) is 18.2 Å². The first-order valence-electron chi connectivity index (χ1n) is 6.60. The first kappa shape index (κ1) is 18.1. The summed E-state index contributed by atoms with van der Waals surface area (Å²) in [5.74, 6) is 0.776. The van der Waals surface area contributed by atoms with Crippen LogP contribution in [0.3, 0.4) is 0 Å². The van der Waals surface area contributed by atoms with E-state index in [-0.39, 0.29) is 10.4 Å². The Kier molecular flexibility index (Phi) is 5.22. The van der Waals surface area contributed by atoms with Crippen molar-refractivity contribution in [2.45, 2.75) is 0 Å². The average molecular weight is 333 g/mol. The third kappa shape index (κ3) is 3.64. The van der Waals surface area contributed by atoms with Crippen LogP contribution < -0.4 is 0 Å². The van der Waals surface area contributed by atoms with Crippen molar-refractivity contribution in [3.8, 4) is 0 Å². The Morgan fingerprint density at radius 3 is 1.76 bits per heavy atom. The van der Waals surface area contributed by atoms with Gasteiger partial charge >= 0.3 is 11.9 Å². The van der Waals surface area contributed by atoms with Gasteiger partial charge in [-0.25, -0.2) is 4.79 Å². The lowest BCUT2D eigenvalue weighted by Crippen LogP contribution is -2.64. The molecule has 0 aromatic heterocycles. The summed E-state index contributed by atoms with van der Waals surface area (Å²) in [5, 5.41) is 0.747. The average Bonchev–Trinajstić information content (AvgIpc) is 2.24. The van der Waals surface area contributed by atoms with E-state index in [1.807, 2.05) is 53.9 Å². The molecule has 1 aromatic rings. The topological polar surface area (TPSA) is 20.1 Å². The zero-order valence-corrected chi connectivity index (χ0v) is 15.2. The number of rotatable bonds is 1. The maximum Gasteiger partial charge on any atom is 0.539 e. The molecule has 116 valence electrons. The van der Waals surface area contributed by atoms with Crippen molar-refractivity contribution < 1.29 is 18.3 Å². The van der Waals surface area contributed by atoms with Crippen molar-refractivity contribution in [3.05, 3.63) is 33.8 Å². The molecule has 0 radical (unpaired) electrons. The fourth-order valence-corrected chi connectivity index (χ4v) is 3.48. The maximum atomic E-state index is 13.0. The number of hydrogen-bond donors (Lipinski definition) is 0. The van der Waals surface area contributed by atoms with Gasteiger partial charge in [0.15, 0.2) is 0 Å². The van der Waals surface area contributed by atoms with Crippen LogP contribution in [-0.2, 0) is 0 Å². The van der Waals surface area contributed by atoms with Crippen LogP contribution in [0.4, 0.5) is 0 Å². The Morgan fingerprint density at radius 1 is 1.00 bits per heavy atom. The predicted octanol–water partition coefficient (Wildman–Crippen LogP) is 2.54. The Bertz CT molecular complexity index is 577. The highest BCUT2D eigenvalue weighted by Crippen LogP contribution is 2.28. The van der Waals surface area contributed by atoms with Crippen LogP contribution in [0.1, 0.15) is 10.4 Å². The largest absolute Gasteiger partial charge is 0.539 e. The van der Waals surface area contributed by atoms with Gasteiger partial charge in [-0.3, -0.25) is 0 Å². The first-order chi connectivity index (χ1) is 9.40. The molecule has 0 N–H and O–H groups in total. The van der Waals surface area contributed by atoms with Crippen molar-refractivity contribution >= 4 is 35.1 Å². The van der Waals surface area contributed by atoms with Gasteiger partial charge in [0.05, 0.1) is 45.3 Å². The molecule has 0 heterocycles. The van der Waals surface area contributed by atoms with Gasteiger partial charge in [0, 0.05) is 0 Å². The number of guanidine groups is 1. The van der Waals surface area contributed by atoms with Crippen molar-refractivity contribution in [1.82, 2.24) is 0 Å². The van der Waals surface area contributed by atoms with E-state index in [0.29, 0.717) is 20.1 Å². The molecule has 0 aliphatic heterocycles. The summed E-state index contributed by atoms with van der Waals surface area (Å²) in [4.78, 5) is 13.0. The Morgan fingerprint density at radius 2 is 1.43 bits per heavy atom. The molecule has 4 nitrogen and oxygen atoms in total. The number of benzene rings is 1. The summed E-state index contributed by atoms with van der Waals surface area (Å²) in [6, 6.07) is 5.10. The molecule has 0 unspecified atom stereocenters. The monoisotopic (exact) mass is 332 g/mol.